The highest BCUT2D eigenvalue weighted by molar-refractivity contribution is 5.25. The SMILES string of the molecule is CC(c1ccccc1)c1nnc2n1CCNC2C(C)(C)C. The second-order valence-electron chi connectivity index (χ2n) is 6.95. The van der Waals surface area contributed by atoms with E-state index in [1.165, 1.54) is 5.56 Å². The Bertz CT molecular complexity index is 609. The standard InChI is InChI=1S/C17H24N4/c1-12(13-8-6-5-7-9-13)15-19-20-16-14(17(2,3)4)18-10-11-21(15)16/h5-9,12,14,18H,10-11H2,1-4H3. The number of fused-ring (bicyclic) bond motifs is 1. The normalized spacial score (nSPS) is 20.1. The molecule has 2 heterocycles. The van der Waals surface area contributed by atoms with Crippen molar-refractivity contribution in [1.29, 1.82) is 0 Å². The molecular weight excluding hydrogens is 260 g/mol. The van der Waals surface area contributed by atoms with E-state index in [4.69, 9.17) is 0 Å². The molecule has 4 nitrogen and oxygen atoms in total. The van der Waals surface area contributed by atoms with Crippen molar-refractivity contribution in [3.63, 3.8) is 0 Å². The smallest absolute Gasteiger partial charge is 0.150 e. The molecule has 21 heavy (non-hydrogen) atoms. The highest BCUT2D eigenvalue weighted by atomic mass is 15.3. The topological polar surface area (TPSA) is 42.7 Å². The van der Waals surface area contributed by atoms with E-state index >= 15 is 0 Å². The third kappa shape index (κ3) is 2.60. The van der Waals surface area contributed by atoms with Crippen molar-refractivity contribution in [3.8, 4) is 0 Å². The van der Waals surface area contributed by atoms with Gasteiger partial charge in [0.15, 0.2) is 5.82 Å². The lowest BCUT2D eigenvalue weighted by atomic mass is 9.85. The van der Waals surface area contributed by atoms with Crippen molar-refractivity contribution >= 4 is 0 Å². The molecule has 3 rings (SSSR count). The van der Waals surface area contributed by atoms with Crippen LogP contribution in [0.5, 0.6) is 0 Å². The van der Waals surface area contributed by atoms with E-state index in [0.717, 1.165) is 24.7 Å². The van der Waals surface area contributed by atoms with Crippen LogP contribution in [-0.4, -0.2) is 21.3 Å². The van der Waals surface area contributed by atoms with Crippen molar-refractivity contribution in [3.05, 3.63) is 47.5 Å². The van der Waals surface area contributed by atoms with Gasteiger partial charge in [0.1, 0.15) is 5.82 Å². The maximum absolute atomic E-state index is 4.51. The summed E-state index contributed by atoms with van der Waals surface area (Å²) < 4.78 is 2.31. The molecule has 2 aromatic rings. The van der Waals surface area contributed by atoms with Crippen molar-refractivity contribution in [2.45, 2.75) is 46.2 Å². The van der Waals surface area contributed by atoms with Crippen LogP contribution in [0.1, 0.15) is 56.9 Å². The Kier molecular flexibility index (Phi) is 3.57. The Morgan fingerprint density at radius 2 is 1.90 bits per heavy atom. The molecule has 0 aliphatic carbocycles. The first kappa shape index (κ1) is 14.3. The van der Waals surface area contributed by atoms with Gasteiger partial charge in [-0.3, -0.25) is 0 Å². The van der Waals surface area contributed by atoms with Gasteiger partial charge < -0.3 is 9.88 Å². The number of nitrogens with zero attached hydrogens (tertiary/aromatic N) is 3. The van der Waals surface area contributed by atoms with E-state index in [1.807, 2.05) is 0 Å². The molecule has 112 valence electrons. The number of benzene rings is 1. The van der Waals surface area contributed by atoms with Gasteiger partial charge >= 0.3 is 0 Å². The number of nitrogens with one attached hydrogen (secondary N) is 1. The molecule has 2 unspecified atom stereocenters. The van der Waals surface area contributed by atoms with E-state index in [9.17, 15) is 0 Å². The van der Waals surface area contributed by atoms with Gasteiger partial charge in [0, 0.05) is 19.0 Å². The third-order valence-electron chi connectivity index (χ3n) is 4.30. The third-order valence-corrected chi connectivity index (χ3v) is 4.30. The summed E-state index contributed by atoms with van der Waals surface area (Å²) in [6, 6.07) is 10.8. The average Bonchev–Trinajstić information content (AvgIpc) is 2.90. The second kappa shape index (κ2) is 5.26. The molecule has 0 saturated heterocycles. The number of aromatic nitrogens is 3. The lowest BCUT2D eigenvalue weighted by Gasteiger charge is -2.35. The van der Waals surface area contributed by atoms with Crippen LogP contribution >= 0.6 is 0 Å². The van der Waals surface area contributed by atoms with E-state index in [1.54, 1.807) is 0 Å². The van der Waals surface area contributed by atoms with Gasteiger partial charge in [-0.2, -0.15) is 0 Å². The van der Waals surface area contributed by atoms with E-state index < -0.39 is 0 Å². The van der Waals surface area contributed by atoms with Crippen LogP contribution in [0, 0.1) is 5.41 Å². The molecule has 4 heteroatoms. The molecule has 0 fully saturated rings. The van der Waals surface area contributed by atoms with Crippen LogP contribution in [0.2, 0.25) is 0 Å². The summed E-state index contributed by atoms with van der Waals surface area (Å²) in [5.74, 6) is 2.42. The van der Waals surface area contributed by atoms with Crippen LogP contribution in [0.3, 0.4) is 0 Å². The van der Waals surface area contributed by atoms with Gasteiger partial charge in [-0.05, 0) is 11.0 Å². The summed E-state index contributed by atoms with van der Waals surface area (Å²) in [5, 5.41) is 12.6. The number of rotatable bonds is 2. The predicted molar refractivity (Wildman–Crippen MR) is 84.2 cm³/mol. The molecule has 0 spiro atoms. The first-order valence-corrected chi connectivity index (χ1v) is 7.70. The van der Waals surface area contributed by atoms with E-state index in [2.05, 4.69) is 78.1 Å². The molecule has 1 aliphatic rings. The predicted octanol–water partition coefficient (Wildman–Crippen LogP) is 3.12. The van der Waals surface area contributed by atoms with Crippen LogP contribution < -0.4 is 5.32 Å². The van der Waals surface area contributed by atoms with Crippen molar-refractivity contribution in [2.75, 3.05) is 6.54 Å². The molecule has 1 aromatic carbocycles. The minimum absolute atomic E-state index is 0.137. The fraction of sp³-hybridized carbons (Fsp3) is 0.529. The van der Waals surface area contributed by atoms with E-state index in [-0.39, 0.29) is 17.4 Å². The minimum Gasteiger partial charge on any atom is -0.312 e. The molecule has 0 saturated carbocycles. The Labute approximate surface area is 126 Å². The number of hydrogen-bond acceptors (Lipinski definition) is 3. The quantitative estimate of drug-likeness (QED) is 0.921. The summed E-state index contributed by atoms with van der Waals surface area (Å²) >= 11 is 0. The monoisotopic (exact) mass is 284 g/mol. The molecule has 1 aromatic heterocycles. The Hall–Kier alpha value is -1.68. The van der Waals surface area contributed by atoms with Crippen molar-refractivity contribution in [2.24, 2.45) is 5.41 Å². The van der Waals surface area contributed by atoms with Gasteiger partial charge in [0.05, 0.1) is 6.04 Å². The van der Waals surface area contributed by atoms with Crippen molar-refractivity contribution < 1.29 is 0 Å². The fourth-order valence-electron chi connectivity index (χ4n) is 3.09. The van der Waals surface area contributed by atoms with Crippen molar-refractivity contribution in [1.82, 2.24) is 20.1 Å². The van der Waals surface area contributed by atoms with Gasteiger partial charge in [-0.25, -0.2) is 0 Å². The van der Waals surface area contributed by atoms with Gasteiger partial charge in [0.2, 0.25) is 0 Å². The number of hydrogen-bond donors (Lipinski definition) is 1. The summed E-state index contributed by atoms with van der Waals surface area (Å²) in [7, 11) is 0. The largest absolute Gasteiger partial charge is 0.312 e. The van der Waals surface area contributed by atoms with Crippen LogP contribution in [0.15, 0.2) is 30.3 Å². The zero-order chi connectivity index (χ0) is 15.0. The minimum atomic E-state index is 0.137. The van der Waals surface area contributed by atoms with Crippen LogP contribution in [-0.2, 0) is 6.54 Å². The molecular formula is C17H24N4. The molecule has 0 radical (unpaired) electrons. The maximum Gasteiger partial charge on any atom is 0.150 e. The first-order valence-electron chi connectivity index (χ1n) is 7.70. The molecule has 0 amide bonds. The maximum atomic E-state index is 4.51. The molecule has 2 atom stereocenters. The summed E-state index contributed by atoms with van der Waals surface area (Å²) in [4.78, 5) is 0. The highest BCUT2D eigenvalue weighted by Crippen LogP contribution is 2.35. The molecule has 1 N–H and O–H groups in total. The summed E-state index contributed by atoms with van der Waals surface area (Å²) in [6.45, 7) is 10.9. The van der Waals surface area contributed by atoms with Crippen LogP contribution in [0.25, 0.3) is 0 Å². The van der Waals surface area contributed by atoms with Gasteiger partial charge in [-0.1, -0.05) is 58.0 Å². The Morgan fingerprint density at radius 1 is 1.19 bits per heavy atom. The summed E-state index contributed by atoms with van der Waals surface area (Å²) in [5.41, 5.74) is 1.43. The molecule has 1 aliphatic heterocycles. The fourth-order valence-corrected chi connectivity index (χ4v) is 3.09. The van der Waals surface area contributed by atoms with Gasteiger partial charge in [-0.15, -0.1) is 10.2 Å². The van der Waals surface area contributed by atoms with Crippen LogP contribution in [0.4, 0.5) is 0 Å². The van der Waals surface area contributed by atoms with E-state index in [0.29, 0.717) is 0 Å². The van der Waals surface area contributed by atoms with Gasteiger partial charge in [0.25, 0.3) is 0 Å². The highest BCUT2D eigenvalue weighted by Gasteiger charge is 2.34. The Balaban J connectivity index is 1.98. The lowest BCUT2D eigenvalue weighted by molar-refractivity contribution is 0.232. The zero-order valence-electron chi connectivity index (χ0n) is 13.3. The Morgan fingerprint density at radius 3 is 2.57 bits per heavy atom. The first-order chi connectivity index (χ1) is 9.98. The molecule has 0 bridgehead atoms. The summed E-state index contributed by atoms with van der Waals surface area (Å²) in [6.07, 6.45) is 0. The zero-order valence-corrected chi connectivity index (χ0v) is 13.3. The lowest BCUT2D eigenvalue weighted by Crippen LogP contribution is -2.41. The second-order valence-corrected chi connectivity index (χ2v) is 6.95. The average molecular weight is 284 g/mol.